The first-order valence-corrected chi connectivity index (χ1v) is 8.31. The van der Waals surface area contributed by atoms with Gasteiger partial charge in [-0.15, -0.1) is 0 Å². The van der Waals surface area contributed by atoms with E-state index in [0.717, 1.165) is 17.5 Å². The van der Waals surface area contributed by atoms with Crippen LogP contribution in [0, 0.1) is 28.1 Å². The van der Waals surface area contributed by atoms with Gasteiger partial charge in [-0.25, -0.2) is 8.42 Å². The average molecular weight is 288 g/mol. The summed E-state index contributed by atoms with van der Waals surface area (Å²) in [5, 5.41) is 17.7. The number of hydrogen-bond acceptors (Lipinski definition) is 4. The van der Waals surface area contributed by atoms with Gasteiger partial charge in [-0.05, 0) is 17.5 Å². The molecule has 0 saturated heterocycles. The highest BCUT2D eigenvalue weighted by Crippen LogP contribution is 2.62. The molecule has 1 aliphatic rings. The number of sulfone groups is 1. The van der Waals surface area contributed by atoms with Crippen molar-refractivity contribution in [3.63, 3.8) is 0 Å². The second-order valence-corrected chi connectivity index (χ2v) is 7.45. The van der Waals surface area contributed by atoms with Gasteiger partial charge >= 0.3 is 0 Å². The molecule has 0 unspecified atom stereocenters. The van der Waals surface area contributed by atoms with E-state index < -0.39 is 26.4 Å². The van der Waals surface area contributed by atoms with Crippen molar-refractivity contribution in [2.45, 2.75) is 31.4 Å². The summed E-state index contributed by atoms with van der Waals surface area (Å²) in [6.45, 7) is 3.58. The molecule has 1 aliphatic carbocycles. The predicted octanol–water partition coefficient (Wildman–Crippen LogP) is 2.18. The predicted molar refractivity (Wildman–Crippen MR) is 75.5 cm³/mol. The van der Waals surface area contributed by atoms with E-state index in [1.54, 1.807) is 6.92 Å². The fourth-order valence-electron chi connectivity index (χ4n) is 2.72. The van der Waals surface area contributed by atoms with E-state index >= 15 is 0 Å². The van der Waals surface area contributed by atoms with E-state index in [9.17, 15) is 18.9 Å². The maximum Gasteiger partial charge on any atom is 0.169 e. The maximum absolute atomic E-state index is 12.1. The van der Waals surface area contributed by atoms with Gasteiger partial charge < -0.3 is 0 Å². The maximum atomic E-state index is 12.1. The normalized spacial score (nSPS) is 23.6. The average Bonchev–Trinajstić information content (AvgIpc) is 3.18. The number of aryl methyl sites for hydroxylation is 1. The summed E-state index contributed by atoms with van der Waals surface area (Å²) in [5.74, 6) is -0.583. The zero-order valence-corrected chi connectivity index (χ0v) is 12.3. The number of nitriles is 2. The lowest BCUT2D eigenvalue weighted by molar-refractivity contribution is 0.592. The Morgan fingerprint density at radius 2 is 1.70 bits per heavy atom. The van der Waals surface area contributed by atoms with Gasteiger partial charge in [-0.3, -0.25) is 0 Å². The van der Waals surface area contributed by atoms with Crippen molar-refractivity contribution in [1.29, 1.82) is 10.5 Å². The van der Waals surface area contributed by atoms with Crippen molar-refractivity contribution < 1.29 is 8.42 Å². The molecule has 0 spiro atoms. The molecular formula is C15H16N2O2S. The zero-order chi connectivity index (χ0) is 15.0. The third-order valence-corrected chi connectivity index (χ3v) is 6.26. The van der Waals surface area contributed by atoms with E-state index in [1.165, 1.54) is 0 Å². The summed E-state index contributed by atoms with van der Waals surface area (Å²) in [7, 11) is -3.41. The largest absolute Gasteiger partial charge is 0.228 e. The molecule has 20 heavy (non-hydrogen) atoms. The van der Waals surface area contributed by atoms with Crippen LogP contribution in [0.15, 0.2) is 24.3 Å². The highest BCUT2D eigenvalue weighted by atomic mass is 32.2. The van der Waals surface area contributed by atoms with Crippen LogP contribution in [0.1, 0.15) is 30.9 Å². The summed E-state index contributed by atoms with van der Waals surface area (Å²) >= 11 is 0. The number of rotatable bonds is 4. The second-order valence-electron chi connectivity index (χ2n) is 5.04. The van der Waals surface area contributed by atoms with Crippen molar-refractivity contribution in [1.82, 2.24) is 0 Å². The van der Waals surface area contributed by atoms with Crippen molar-refractivity contribution in [3.05, 3.63) is 35.4 Å². The fourth-order valence-corrected chi connectivity index (χ4v) is 4.60. The Hall–Kier alpha value is -1.85. The van der Waals surface area contributed by atoms with Crippen LogP contribution in [-0.4, -0.2) is 19.4 Å². The molecule has 1 saturated carbocycles. The molecular weight excluding hydrogens is 272 g/mol. The number of nitrogens with zero attached hydrogens (tertiary/aromatic N) is 2. The van der Waals surface area contributed by atoms with Gasteiger partial charge in [-0.1, -0.05) is 38.1 Å². The quantitative estimate of drug-likeness (QED) is 0.850. The molecule has 1 aromatic carbocycles. The first-order valence-electron chi connectivity index (χ1n) is 6.59. The highest BCUT2D eigenvalue weighted by molar-refractivity contribution is 7.92. The second kappa shape index (κ2) is 4.92. The van der Waals surface area contributed by atoms with E-state index in [-0.39, 0.29) is 5.75 Å². The number of hydrogen-bond donors (Lipinski definition) is 0. The minimum Gasteiger partial charge on any atom is -0.228 e. The summed E-state index contributed by atoms with van der Waals surface area (Å²) < 4.78 is 24.2. The molecule has 1 fully saturated rings. The molecule has 1 aromatic rings. The monoisotopic (exact) mass is 288 g/mol. The lowest BCUT2D eigenvalue weighted by Crippen LogP contribution is -2.15. The van der Waals surface area contributed by atoms with Gasteiger partial charge in [0.2, 0.25) is 0 Å². The van der Waals surface area contributed by atoms with E-state index in [1.807, 2.05) is 43.3 Å². The van der Waals surface area contributed by atoms with Gasteiger partial charge in [0.25, 0.3) is 0 Å². The van der Waals surface area contributed by atoms with E-state index in [4.69, 9.17) is 0 Å². The summed E-state index contributed by atoms with van der Waals surface area (Å²) in [5.41, 5.74) is 0.471. The minimum atomic E-state index is -3.41. The third kappa shape index (κ3) is 1.99. The molecule has 0 aliphatic heterocycles. The van der Waals surface area contributed by atoms with Gasteiger partial charge in [0.1, 0.15) is 5.25 Å². The minimum absolute atomic E-state index is 0.0493. The lowest BCUT2D eigenvalue weighted by Gasteiger charge is -2.02. The van der Waals surface area contributed by atoms with Crippen molar-refractivity contribution in [3.8, 4) is 12.1 Å². The molecule has 0 aromatic heterocycles. The van der Waals surface area contributed by atoms with Crippen molar-refractivity contribution >= 4 is 9.84 Å². The fraction of sp³-hybridized carbons (Fsp3) is 0.467. The summed E-state index contributed by atoms with van der Waals surface area (Å²) in [6, 6.07) is 11.4. The Kier molecular flexibility index (Phi) is 3.58. The highest BCUT2D eigenvalue weighted by Gasteiger charge is 2.72. The van der Waals surface area contributed by atoms with Crippen LogP contribution in [0.25, 0.3) is 0 Å². The summed E-state index contributed by atoms with van der Waals surface area (Å²) in [4.78, 5) is 0. The van der Waals surface area contributed by atoms with Crippen LogP contribution in [-0.2, 0) is 16.3 Å². The van der Waals surface area contributed by atoms with Gasteiger partial charge in [0, 0.05) is 11.7 Å². The molecule has 4 nitrogen and oxygen atoms in total. The Morgan fingerprint density at radius 3 is 2.10 bits per heavy atom. The van der Waals surface area contributed by atoms with Gasteiger partial charge in [0.05, 0.1) is 12.1 Å². The Balaban J connectivity index is 2.45. The van der Waals surface area contributed by atoms with E-state index in [2.05, 4.69) is 0 Å². The van der Waals surface area contributed by atoms with Crippen molar-refractivity contribution in [2.24, 2.45) is 5.41 Å². The smallest absolute Gasteiger partial charge is 0.169 e. The molecule has 0 N–H and O–H groups in total. The Morgan fingerprint density at radius 1 is 1.15 bits per heavy atom. The molecule has 5 heteroatoms. The Bertz CT molecular complexity index is 679. The van der Waals surface area contributed by atoms with Crippen LogP contribution < -0.4 is 0 Å². The molecule has 0 bridgehead atoms. The van der Waals surface area contributed by atoms with Crippen LogP contribution in [0.2, 0.25) is 0 Å². The van der Waals surface area contributed by atoms with Crippen LogP contribution in [0.4, 0.5) is 0 Å². The van der Waals surface area contributed by atoms with Crippen LogP contribution in [0.5, 0.6) is 0 Å². The standard InChI is InChI=1S/C15H16N2O2S/c1-3-11-5-7-12(8-6-11)13-14(20(18,19)4-2)15(13,9-16)10-17/h5-8,13-14H,3-4H2,1-2H3/t13-,14-/m0/s1. The zero-order valence-electron chi connectivity index (χ0n) is 11.5. The van der Waals surface area contributed by atoms with Crippen LogP contribution in [0.3, 0.4) is 0 Å². The number of benzene rings is 1. The topological polar surface area (TPSA) is 81.7 Å². The van der Waals surface area contributed by atoms with Crippen molar-refractivity contribution in [2.75, 3.05) is 5.75 Å². The van der Waals surface area contributed by atoms with Crippen LogP contribution >= 0.6 is 0 Å². The molecule has 2 atom stereocenters. The Labute approximate surface area is 119 Å². The third-order valence-electron chi connectivity index (χ3n) is 4.04. The SMILES string of the molecule is CCc1ccc([C@H]2[C@H](S(=O)(=O)CC)C2(C#N)C#N)cc1. The molecule has 0 heterocycles. The van der Waals surface area contributed by atoms with E-state index in [0.29, 0.717) is 0 Å². The molecule has 2 rings (SSSR count). The molecule has 0 amide bonds. The summed E-state index contributed by atoms with van der Waals surface area (Å²) in [6.07, 6.45) is 0.892. The lowest BCUT2D eigenvalue weighted by atomic mass is 10.0. The van der Waals surface area contributed by atoms with Gasteiger partial charge in [-0.2, -0.15) is 10.5 Å². The molecule has 104 valence electrons. The first-order chi connectivity index (χ1) is 9.46. The molecule has 0 radical (unpaired) electrons. The first kappa shape index (κ1) is 14.6. The van der Waals surface area contributed by atoms with Gasteiger partial charge in [0.15, 0.2) is 15.3 Å².